The van der Waals surface area contributed by atoms with Crippen LogP contribution in [0.1, 0.15) is 30.5 Å². The van der Waals surface area contributed by atoms with E-state index < -0.39 is 0 Å². The number of phenolic OH excluding ortho intramolecular Hbond substituents is 2. The smallest absolute Gasteiger partial charge is 0.158 e. The monoisotopic (exact) mass is 347 g/mol. The molecule has 2 aromatic rings. The molecule has 3 rings (SSSR count). The normalized spacial score (nSPS) is 12.6. The molecule has 128 valence electrons. The molecule has 0 unspecified atom stereocenters. The summed E-state index contributed by atoms with van der Waals surface area (Å²) in [6, 6.07) is 8.78. The van der Waals surface area contributed by atoms with Gasteiger partial charge in [-0.3, -0.25) is 4.99 Å². The highest BCUT2D eigenvalue weighted by molar-refractivity contribution is 6.32. The zero-order chi connectivity index (χ0) is 17.7. The van der Waals surface area contributed by atoms with Crippen LogP contribution < -0.4 is 4.74 Å². The van der Waals surface area contributed by atoms with Crippen molar-refractivity contribution in [3.05, 3.63) is 52.0 Å². The summed E-state index contributed by atoms with van der Waals surface area (Å²) in [5.74, 6) is 0.440. The van der Waals surface area contributed by atoms with Gasteiger partial charge in [-0.05, 0) is 47.4 Å². The Labute approximate surface area is 147 Å². The van der Waals surface area contributed by atoms with Crippen LogP contribution in [0, 0.1) is 0 Å². The Bertz CT molecular complexity index is 757. The summed E-state index contributed by atoms with van der Waals surface area (Å²) < 4.78 is 5.26. The van der Waals surface area contributed by atoms with E-state index in [9.17, 15) is 10.2 Å². The van der Waals surface area contributed by atoms with Crippen molar-refractivity contribution in [3.8, 4) is 17.2 Å². The van der Waals surface area contributed by atoms with Crippen molar-refractivity contribution in [2.24, 2.45) is 4.99 Å². The van der Waals surface area contributed by atoms with Crippen LogP contribution in [-0.4, -0.2) is 29.6 Å². The first-order chi connectivity index (χ1) is 11.6. The number of benzene rings is 2. The van der Waals surface area contributed by atoms with E-state index in [-0.39, 0.29) is 11.5 Å². The van der Waals surface area contributed by atoms with Crippen LogP contribution >= 0.6 is 11.6 Å². The minimum absolute atomic E-state index is 0.175. The summed E-state index contributed by atoms with van der Waals surface area (Å²) in [6.07, 6.45) is 1.39. The summed E-state index contributed by atoms with van der Waals surface area (Å²) in [6.45, 7) is 4.72. The molecule has 0 radical (unpaired) electrons. The summed E-state index contributed by atoms with van der Waals surface area (Å²) in [7, 11) is 1.65. The number of rotatable bonds is 3. The number of aliphatic imine (C=N–C) groups is 1. The van der Waals surface area contributed by atoms with Crippen molar-refractivity contribution in [2.45, 2.75) is 26.7 Å². The average molecular weight is 348 g/mol. The molecule has 4 nitrogen and oxygen atoms in total. The van der Waals surface area contributed by atoms with E-state index in [0.717, 1.165) is 35.6 Å². The van der Waals surface area contributed by atoms with Gasteiger partial charge in [0.1, 0.15) is 5.75 Å². The number of hydrogen-bond acceptors (Lipinski definition) is 4. The minimum atomic E-state index is -0.218. The second-order valence-corrected chi connectivity index (χ2v) is 5.62. The lowest BCUT2D eigenvalue weighted by atomic mass is 9.93. The third kappa shape index (κ3) is 3.82. The number of hydrogen-bond donors (Lipinski definition) is 2. The Kier molecular flexibility index (Phi) is 6.10. The largest absolute Gasteiger partial charge is 0.504 e. The Morgan fingerprint density at radius 3 is 2.54 bits per heavy atom. The van der Waals surface area contributed by atoms with Crippen molar-refractivity contribution in [1.29, 1.82) is 0 Å². The quantitative estimate of drug-likeness (QED) is 0.810. The summed E-state index contributed by atoms with van der Waals surface area (Å²) >= 11 is 6.15. The predicted molar refractivity (Wildman–Crippen MR) is 97.9 cm³/mol. The predicted octanol–water partition coefficient (Wildman–Crippen LogP) is 4.37. The van der Waals surface area contributed by atoms with E-state index in [1.807, 2.05) is 32.0 Å². The van der Waals surface area contributed by atoms with Gasteiger partial charge < -0.3 is 14.9 Å². The van der Waals surface area contributed by atoms with E-state index in [2.05, 4.69) is 4.99 Å². The molecule has 1 heterocycles. The van der Waals surface area contributed by atoms with Crippen LogP contribution in [0.5, 0.6) is 17.2 Å². The van der Waals surface area contributed by atoms with Crippen molar-refractivity contribution in [1.82, 2.24) is 0 Å². The Morgan fingerprint density at radius 1 is 1.12 bits per heavy atom. The van der Waals surface area contributed by atoms with E-state index >= 15 is 0 Å². The number of halogens is 1. The third-order valence-electron chi connectivity index (χ3n) is 3.81. The first-order valence-corrected chi connectivity index (χ1v) is 8.37. The van der Waals surface area contributed by atoms with Crippen molar-refractivity contribution >= 4 is 17.3 Å². The van der Waals surface area contributed by atoms with E-state index in [0.29, 0.717) is 11.4 Å². The number of methoxy groups -OCH3 is 1. The summed E-state index contributed by atoms with van der Waals surface area (Å²) in [5, 5.41) is 19.5. The number of ether oxygens (including phenoxy) is 1. The molecule has 0 atom stereocenters. The van der Waals surface area contributed by atoms with Gasteiger partial charge in [0, 0.05) is 29.8 Å². The van der Waals surface area contributed by atoms with E-state index in [4.69, 9.17) is 16.3 Å². The van der Waals surface area contributed by atoms with Gasteiger partial charge in [-0.15, -0.1) is 0 Å². The Hall–Kier alpha value is -2.20. The van der Waals surface area contributed by atoms with Gasteiger partial charge in [0.25, 0.3) is 0 Å². The standard InChI is InChI=1S/C17H16ClNO3.C2H6/c1-22-12-2-3-13-10(6-12)4-5-19-15(13)7-11-8-16(20)17(21)9-14(11)18;1-2/h2-3,6,8-9,20-21H,4-5,7H2,1H3;1-2H3. The zero-order valence-corrected chi connectivity index (χ0v) is 14.9. The maximum Gasteiger partial charge on any atom is 0.158 e. The van der Waals surface area contributed by atoms with Gasteiger partial charge in [0.15, 0.2) is 11.5 Å². The highest BCUT2D eigenvalue weighted by Gasteiger charge is 2.17. The van der Waals surface area contributed by atoms with Crippen LogP contribution in [-0.2, 0) is 12.8 Å². The lowest BCUT2D eigenvalue weighted by molar-refractivity contribution is 0.403. The number of nitrogens with zero attached hydrogens (tertiary/aromatic N) is 1. The van der Waals surface area contributed by atoms with Crippen LogP contribution in [0.25, 0.3) is 0 Å². The second-order valence-electron chi connectivity index (χ2n) is 5.21. The van der Waals surface area contributed by atoms with Crippen molar-refractivity contribution < 1.29 is 14.9 Å². The molecule has 0 aliphatic carbocycles. The van der Waals surface area contributed by atoms with Crippen molar-refractivity contribution in [3.63, 3.8) is 0 Å². The Morgan fingerprint density at radius 2 is 1.83 bits per heavy atom. The topological polar surface area (TPSA) is 62.0 Å². The molecule has 0 saturated carbocycles. The number of phenols is 2. The first kappa shape index (κ1) is 18.1. The average Bonchev–Trinajstić information content (AvgIpc) is 2.61. The maximum atomic E-state index is 9.65. The molecule has 0 bridgehead atoms. The fourth-order valence-corrected chi connectivity index (χ4v) is 2.87. The molecule has 24 heavy (non-hydrogen) atoms. The van der Waals surface area contributed by atoms with Crippen LogP contribution in [0.15, 0.2) is 35.3 Å². The molecule has 0 amide bonds. The van der Waals surface area contributed by atoms with Gasteiger partial charge in [0.2, 0.25) is 0 Å². The molecule has 1 aliphatic rings. The molecule has 5 heteroatoms. The molecule has 1 aliphatic heterocycles. The highest BCUT2D eigenvalue weighted by Crippen LogP contribution is 2.32. The highest BCUT2D eigenvalue weighted by atomic mass is 35.5. The Balaban J connectivity index is 0.00000100. The maximum absolute atomic E-state index is 9.65. The lowest BCUT2D eigenvalue weighted by Gasteiger charge is -2.18. The fourth-order valence-electron chi connectivity index (χ4n) is 2.64. The molecule has 2 N–H and O–H groups in total. The molecule has 0 fully saturated rings. The second kappa shape index (κ2) is 8.06. The van der Waals surface area contributed by atoms with Crippen LogP contribution in [0.2, 0.25) is 5.02 Å². The first-order valence-electron chi connectivity index (χ1n) is 7.99. The number of aromatic hydroxyl groups is 2. The van der Waals surface area contributed by atoms with Crippen LogP contribution in [0.3, 0.4) is 0 Å². The van der Waals surface area contributed by atoms with Crippen molar-refractivity contribution in [2.75, 3.05) is 13.7 Å². The van der Waals surface area contributed by atoms with Gasteiger partial charge in [-0.1, -0.05) is 25.4 Å². The molecule has 0 saturated heterocycles. The van der Waals surface area contributed by atoms with Gasteiger partial charge in [0.05, 0.1) is 7.11 Å². The van der Waals surface area contributed by atoms with Gasteiger partial charge in [-0.2, -0.15) is 0 Å². The summed E-state index contributed by atoms with van der Waals surface area (Å²) in [5.41, 5.74) is 3.94. The van der Waals surface area contributed by atoms with Crippen LogP contribution in [0.4, 0.5) is 0 Å². The molecule has 0 aromatic heterocycles. The molecule has 2 aromatic carbocycles. The third-order valence-corrected chi connectivity index (χ3v) is 4.16. The van der Waals surface area contributed by atoms with Gasteiger partial charge in [-0.25, -0.2) is 0 Å². The lowest BCUT2D eigenvalue weighted by Crippen LogP contribution is -2.15. The zero-order valence-electron chi connectivity index (χ0n) is 14.1. The minimum Gasteiger partial charge on any atom is -0.504 e. The molecular formula is C19H22ClNO3. The van der Waals surface area contributed by atoms with Gasteiger partial charge >= 0.3 is 0 Å². The summed E-state index contributed by atoms with van der Waals surface area (Å²) in [4.78, 5) is 4.59. The molecule has 0 spiro atoms. The molecular weight excluding hydrogens is 326 g/mol. The van der Waals surface area contributed by atoms with E-state index in [1.54, 1.807) is 7.11 Å². The van der Waals surface area contributed by atoms with E-state index in [1.165, 1.54) is 17.7 Å². The SMILES string of the molecule is CC.COc1ccc2c(c1)CCN=C2Cc1cc(O)c(O)cc1Cl. The fraction of sp³-hybridized carbons (Fsp3) is 0.316. The number of fused-ring (bicyclic) bond motifs is 1.